The van der Waals surface area contributed by atoms with E-state index < -0.39 is 24.1 Å². The molecule has 1 aromatic heterocycles. The number of hydrogen-bond acceptors (Lipinski definition) is 7. The summed E-state index contributed by atoms with van der Waals surface area (Å²) in [4.78, 5) is 42.7. The first kappa shape index (κ1) is 20.3. The van der Waals surface area contributed by atoms with Crippen LogP contribution in [0.3, 0.4) is 0 Å². The summed E-state index contributed by atoms with van der Waals surface area (Å²) in [5, 5.41) is 6.63. The minimum absolute atomic E-state index is 0.0663. The van der Waals surface area contributed by atoms with Crippen LogP contribution >= 0.6 is 0 Å². The van der Waals surface area contributed by atoms with E-state index in [2.05, 4.69) is 36.2 Å². The van der Waals surface area contributed by atoms with Crippen molar-refractivity contribution in [1.82, 2.24) is 20.4 Å². The summed E-state index contributed by atoms with van der Waals surface area (Å²) in [5.74, 6) is 0.0386. The second-order valence-electron chi connectivity index (χ2n) is 9.12. The lowest BCUT2D eigenvalue weighted by Gasteiger charge is -2.43. The summed E-state index contributed by atoms with van der Waals surface area (Å²) in [7, 11) is 0. The van der Waals surface area contributed by atoms with Crippen molar-refractivity contribution in [1.29, 1.82) is 0 Å². The zero-order valence-corrected chi connectivity index (χ0v) is 17.1. The van der Waals surface area contributed by atoms with Gasteiger partial charge in [-0.3, -0.25) is 14.5 Å². The first-order valence-corrected chi connectivity index (χ1v) is 9.63. The highest BCUT2D eigenvalue weighted by atomic mass is 16.6. The molecule has 1 aliphatic carbocycles. The molecule has 2 aliphatic rings. The molecule has 1 aromatic rings. The number of esters is 1. The third-order valence-electron chi connectivity index (χ3n) is 5.27. The molecule has 0 bridgehead atoms. The van der Waals surface area contributed by atoms with Crippen molar-refractivity contribution in [2.75, 3.05) is 6.54 Å². The third-order valence-corrected chi connectivity index (χ3v) is 5.27. The van der Waals surface area contributed by atoms with E-state index >= 15 is 0 Å². The number of nitrogens with one attached hydrogen (secondary N) is 1. The third kappa shape index (κ3) is 4.02. The summed E-state index contributed by atoms with van der Waals surface area (Å²) < 4.78 is 10.1. The number of carbonyl (C=O) groups is 3. The van der Waals surface area contributed by atoms with Crippen LogP contribution in [0.1, 0.15) is 71.5 Å². The average molecular weight is 392 g/mol. The van der Waals surface area contributed by atoms with Crippen molar-refractivity contribution in [2.45, 2.75) is 71.9 Å². The highest BCUT2D eigenvalue weighted by Gasteiger charge is 2.56. The van der Waals surface area contributed by atoms with Crippen LogP contribution in [0.15, 0.2) is 4.52 Å². The van der Waals surface area contributed by atoms with Gasteiger partial charge in [-0.1, -0.05) is 39.8 Å². The first-order chi connectivity index (χ1) is 13.0. The Balaban J connectivity index is 1.61. The first-order valence-electron chi connectivity index (χ1n) is 9.63. The zero-order chi connectivity index (χ0) is 20.7. The Labute approximate surface area is 164 Å². The molecule has 1 aliphatic heterocycles. The van der Waals surface area contributed by atoms with E-state index in [-0.39, 0.29) is 29.7 Å². The number of imide groups is 1. The molecule has 3 rings (SSSR count). The van der Waals surface area contributed by atoms with Crippen molar-refractivity contribution in [3.8, 4) is 0 Å². The van der Waals surface area contributed by atoms with E-state index in [0.29, 0.717) is 24.6 Å². The Morgan fingerprint density at radius 2 is 2.07 bits per heavy atom. The van der Waals surface area contributed by atoms with Crippen LogP contribution < -0.4 is 5.32 Å². The van der Waals surface area contributed by atoms with Crippen molar-refractivity contribution < 1.29 is 23.6 Å². The number of aromatic nitrogens is 2. The standard InChI is InChI=1S/C19H28N4O5/c1-11(2)15-20-13(28-22-15)9-27-14(24)8-23-16(25)19(21-17(23)26)7-12(3)6-18(4,5)10-19/h11-12H,6-10H2,1-5H3,(H,21,26). The van der Waals surface area contributed by atoms with Crippen LogP contribution in [0, 0.1) is 11.3 Å². The van der Waals surface area contributed by atoms with Gasteiger partial charge in [0.25, 0.3) is 11.8 Å². The molecule has 1 saturated heterocycles. The van der Waals surface area contributed by atoms with Crippen LogP contribution in [0.5, 0.6) is 0 Å². The number of amides is 3. The SMILES string of the molecule is CC1CC(C)(C)CC2(C1)NC(=O)N(CC(=O)OCc1nc(C(C)C)no1)C2=O. The van der Waals surface area contributed by atoms with Gasteiger partial charge >= 0.3 is 12.0 Å². The fraction of sp³-hybridized carbons (Fsp3) is 0.737. The summed E-state index contributed by atoms with van der Waals surface area (Å²) in [5.41, 5.74) is -1.000. The Morgan fingerprint density at radius 1 is 1.36 bits per heavy atom. The van der Waals surface area contributed by atoms with Gasteiger partial charge in [0.15, 0.2) is 12.4 Å². The Kier molecular flexibility index (Phi) is 5.20. The summed E-state index contributed by atoms with van der Waals surface area (Å²) in [6.45, 7) is 9.47. The summed E-state index contributed by atoms with van der Waals surface area (Å²) in [6.07, 6.45) is 2.12. The maximum absolute atomic E-state index is 13.0. The van der Waals surface area contributed by atoms with Crippen LogP contribution in [0.25, 0.3) is 0 Å². The molecule has 2 atom stereocenters. The molecule has 1 saturated carbocycles. The number of hydrogen-bond donors (Lipinski definition) is 1. The lowest BCUT2D eigenvalue weighted by molar-refractivity contribution is -0.150. The van der Waals surface area contributed by atoms with Gasteiger partial charge in [0, 0.05) is 5.92 Å². The van der Waals surface area contributed by atoms with Gasteiger partial charge in [0.1, 0.15) is 12.1 Å². The Morgan fingerprint density at radius 3 is 2.68 bits per heavy atom. The Hall–Kier alpha value is -2.45. The van der Waals surface area contributed by atoms with E-state index in [4.69, 9.17) is 9.26 Å². The average Bonchev–Trinajstić information content (AvgIpc) is 3.11. The quantitative estimate of drug-likeness (QED) is 0.604. The highest BCUT2D eigenvalue weighted by molar-refractivity contribution is 6.08. The van der Waals surface area contributed by atoms with Crippen LogP contribution in [-0.4, -0.2) is 45.0 Å². The molecular weight excluding hydrogens is 364 g/mol. The van der Waals surface area contributed by atoms with Crippen molar-refractivity contribution in [2.24, 2.45) is 11.3 Å². The van der Waals surface area contributed by atoms with Gasteiger partial charge in [0.05, 0.1) is 0 Å². The maximum atomic E-state index is 13.0. The van der Waals surface area contributed by atoms with E-state index in [1.54, 1.807) is 0 Å². The van der Waals surface area contributed by atoms with Crippen molar-refractivity contribution in [3.63, 3.8) is 0 Å². The maximum Gasteiger partial charge on any atom is 0.326 e. The molecule has 3 amide bonds. The van der Waals surface area contributed by atoms with E-state index in [9.17, 15) is 14.4 Å². The molecule has 0 radical (unpaired) electrons. The summed E-state index contributed by atoms with van der Waals surface area (Å²) >= 11 is 0. The fourth-order valence-electron chi connectivity index (χ4n) is 4.53. The highest BCUT2D eigenvalue weighted by Crippen LogP contribution is 2.46. The van der Waals surface area contributed by atoms with E-state index in [1.165, 1.54) is 0 Å². The predicted molar refractivity (Wildman–Crippen MR) is 98.0 cm³/mol. The predicted octanol–water partition coefficient (Wildman–Crippen LogP) is 2.37. The van der Waals surface area contributed by atoms with Crippen LogP contribution in [0.2, 0.25) is 0 Å². The second kappa shape index (κ2) is 7.18. The molecule has 9 heteroatoms. The molecule has 2 fully saturated rings. The topological polar surface area (TPSA) is 115 Å². The normalized spacial score (nSPS) is 26.8. The number of urea groups is 1. The molecule has 28 heavy (non-hydrogen) atoms. The monoisotopic (exact) mass is 392 g/mol. The van der Waals surface area contributed by atoms with Crippen LogP contribution in [0.4, 0.5) is 4.79 Å². The molecule has 1 spiro atoms. The molecule has 9 nitrogen and oxygen atoms in total. The molecule has 154 valence electrons. The van der Waals surface area contributed by atoms with Gasteiger partial charge in [-0.15, -0.1) is 0 Å². The van der Waals surface area contributed by atoms with Gasteiger partial charge in [-0.2, -0.15) is 4.98 Å². The number of nitrogens with zero attached hydrogens (tertiary/aromatic N) is 3. The minimum Gasteiger partial charge on any atom is -0.454 e. The largest absolute Gasteiger partial charge is 0.454 e. The number of ether oxygens (including phenoxy) is 1. The smallest absolute Gasteiger partial charge is 0.326 e. The molecule has 0 aromatic carbocycles. The molecule has 2 unspecified atom stereocenters. The van der Waals surface area contributed by atoms with E-state index in [0.717, 1.165) is 11.3 Å². The van der Waals surface area contributed by atoms with Gasteiger partial charge < -0.3 is 14.6 Å². The van der Waals surface area contributed by atoms with Crippen LogP contribution in [-0.2, 0) is 20.9 Å². The van der Waals surface area contributed by atoms with Gasteiger partial charge in [-0.05, 0) is 30.6 Å². The fourth-order valence-corrected chi connectivity index (χ4v) is 4.53. The van der Waals surface area contributed by atoms with E-state index in [1.807, 2.05) is 13.8 Å². The lowest BCUT2D eigenvalue weighted by Crippen LogP contribution is -2.54. The zero-order valence-electron chi connectivity index (χ0n) is 17.1. The minimum atomic E-state index is -0.933. The number of carbonyl (C=O) groups excluding carboxylic acids is 3. The number of rotatable bonds is 5. The Bertz CT molecular complexity index is 787. The summed E-state index contributed by atoms with van der Waals surface area (Å²) in [6, 6.07) is -0.549. The van der Waals surface area contributed by atoms with Crippen molar-refractivity contribution >= 4 is 17.9 Å². The lowest BCUT2D eigenvalue weighted by atomic mass is 9.64. The molecular formula is C19H28N4O5. The van der Waals surface area contributed by atoms with Crippen molar-refractivity contribution in [3.05, 3.63) is 11.7 Å². The van der Waals surface area contributed by atoms with Gasteiger partial charge in [-0.25, -0.2) is 4.79 Å². The molecule has 1 N–H and O–H groups in total. The molecule has 2 heterocycles. The second-order valence-corrected chi connectivity index (χ2v) is 9.12. The van der Waals surface area contributed by atoms with Gasteiger partial charge in [0.2, 0.25) is 0 Å².